The molecule has 3 aromatic rings. The van der Waals surface area contributed by atoms with Crippen molar-refractivity contribution < 1.29 is 28.3 Å². The lowest BCUT2D eigenvalue weighted by atomic mass is 10.1. The summed E-state index contributed by atoms with van der Waals surface area (Å²) in [5.74, 6) is -2.58. The minimum absolute atomic E-state index is 0.0854. The lowest BCUT2D eigenvalue weighted by Gasteiger charge is -2.26. The third-order valence-electron chi connectivity index (χ3n) is 5.53. The first kappa shape index (κ1) is 27.2. The highest BCUT2D eigenvalue weighted by molar-refractivity contribution is 9.11. The van der Waals surface area contributed by atoms with Crippen molar-refractivity contribution in [2.75, 3.05) is 16.8 Å². The van der Waals surface area contributed by atoms with Crippen molar-refractivity contribution in [2.24, 2.45) is 0 Å². The summed E-state index contributed by atoms with van der Waals surface area (Å²) in [6.45, 7) is 3.48. The van der Waals surface area contributed by atoms with E-state index in [-0.39, 0.29) is 29.2 Å². The summed E-state index contributed by atoms with van der Waals surface area (Å²) in [6, 6.07) is 12.6. The van der Waals surface area contributed by atoms with Crippen LogP contribution in [0.4, 0.5) is 20.6 Å². The van der Waals surface area contributed by atoms with Gasteiger partial charge < -0.3 is 10.1 Å². The topological polar surface area (TPSA) is 105 Å². The van der Waals surface area contributed by atoms with Crippen LogP contribution in [0.5, 0.6) is 5.75 Å². The Morgan fingerprint density at radius 3 is 2.45 bits per heavy atom. The molecule has 0 unspecified atom stereocenters. The standard InChI is InChI=1S/C27H20Br2FN3O5/c1-14-3-8-22(15(2)9-14)31-23(34)13-38-24-16(10-17(28)12-21(24)29)11-20-25(35)32-27(37)33(26(20)36)19-6-4-18(30)5-7-19/h3-12H,13H2,1-2H3,(H,31,34)(H,32,35,37)/b20-11+. The molecule has 194 valence electrons. The van der Waals surface area contributed by atoms with Crippen molar-refractivity contribution in [3.63, 3.8) is 0 Å². The third kappa shape index (κ3) is 6.00. The van der Waals surface area contributed by atoms with Gasteiger partial charge in [-0.05, 0) is 83.9 Å². The molecule has 38 heavy (non-hydrogen) atoms. The van der Waals surface area contributed by atoms with Gasteiger partial charge in [-0.25, -0.2) is 14.1 Å². The van der Waals surface area contributed by atoms with E-state index in [1.165, 1.54) is 18.2 Å². The Bertz CT molecular complexity index is 1510. The average molecular weight is 645 g/mol. The number of nitrogens with one attached hydrogen (secondary N) is 2. The van der Waals surface area contributed by atoms with Crippen LogP contribution in [0.15, 0.2) is 69.1 Å². The molecule has 8 nitrogen and oxygen atoms in total. The van der Waals surface area contributed by atoms with E-state index in [0.717, 1.165) is 28.2 Å². The highest BCUT2D eigenvalue weighted by Gasteiger charge is 2.37. The van der Waals surface area contributed by atoms with Gasteiger partial charge in [-0.1, -0.05) is 33.6 Å². The predicted octanol–water partition coefficient (Wildman–Crippen LogP) is 5.65. The molecule has 2 N–H and O–H groups in total. The third-order valence-corrected chi connectivity index (χ3v) is 6.57. The van der Waals surface area contributed by atoms with Gasteiger partial charge in [-0.15, -0.1) is 0 Å². The van der Waals surface area contributed by atoms with Crippen molar-refractivity contribution in [1.29, 1.82) is 0 Å². The molecule has 3 aromatic carbocycles. The average Bonchev–Trinajstić information content (AvgIpc) is 2.84. The van der Waals surface area contributed by atoms with E-state index in [9.17, 15) is 23.6 Å². The van der Waals surface area contributed by atoms with Gasteiger partial charge in [0.15, 0.2) is 6.61 Å². The Hall–Kier alpha value is -3.83. The van der Waals surface area contributed by atoms with Gasteiger partial charge in [-0.2, -0.15) is 0 Å². The number of carbonyl (C=O) groups is 4. The summed E-state index contributed by atoms with van der Waals surface area (Å²) in [5.41, 5.74) is 2.63. The molecule has 11 heteroatoms. The quantitative estimate of drug-likeness (QED) is 0.267. The molecule has 1 heterocycles. The fourth-order valence-electron chi connectivity index (χ4n) is 3.76. The molecule has 0 aliphatic carbocycles. The van der Waals surface area contributed by atoms with Crippen molar-refractivity contribution >= 4 is 73.1 Å². The number of halogens is 3. The zero-order valence-corrected chi connectivity index (χ0v) is 23.3. The first-order valence-corrected chi connectivity index (χ1v) is 12.8. The van der Waals surface area contributed by atoms with Crippen LogP contribution in [-0.2, 0) is 14.4 Å². The second-order valence-corrected chi connectivity index (χ2v) is 10.2. The van der Waals surface area contributed by atoms with Crippen molar-refractivity contribution in [2.45, 2.75) is 13.8 Å². The zero-order chi connectivity index (χ0) is 27.6. The number of urea groups is 1. The number of benzene rings is 3. The second-order valence-electron chi connectivity index (χ2n) is 8.40. The smallest absolute Gasteiger partial charge is 0.335 e. The summed E-state index contributed by atoms with van der Waals surface area (Å²) >= 11 is 6.76. The van der Waals surface area contributed by atoms with Gasteiger partial charge in [0, 0.05) is 15.7 Å². The SMILES string of the molecule is Cc1ccc(NC(=O)COc2c(Br)cc(Br)cc2/C=C2\C(=O)NC(=O)N(c3ccc(F)cc3)C2=O)c(C)c1. The van der Waals surface area contributed by atoms with E-state index < -0.39 is 29.6 Å². The van der Waals surface area contributed by atoms with Crippen LogP contribution in [0.2, 0.25) is 0 Å². The summed E-state index contributed by atoms with van der Waals surface area (Å²) in [6.07, 6.45) is 1.26. The normalized spacial score (nSPS) is 14.5. The maximum Gasteiger partial charge on any atom is 0.335 e. The molecule has 1 aliphatic rings. The second kappa shape index (κ2) is 11.3. The van der Waals surface area contributed by atoms with Crippen LogP contribution in [0, 0.1) is 19.7 Å². The van der Waals surface area contributed by atoms with Crippen molar-refractivity contribution in [1.82, 2.24) is 5.32 Å². The molecule has 1 fully saturated rings. The minimum Gasteiger partial charge on any atom is -0.482 e. The fraction of sp³-hybridized carbons (Fsp3) is 0.111. The molecule has 0 aromatic heterocycles. The maximum atomic E-state index is 13.4. The molecule has 0 atom stereocenters. The molecule has 0 saturated carbocycles. The molecule has 1 aliphatic heterocycles. The Labute approximate surface area is 234 Å². The molecule has 4 rings (SSSR count). The molecule has 0 bridgehead atoms. The molecule has 1 saturated heterocycles. The Morgan fingerprint density at radius 1 is 1.05 bits per heavy atom. The summed E-state index contributed by atoms with van der Waals surface area (Å²) in [5, 5.41) is 4.91. The van der Waals surface area contributed by atoms with Gasteiger partial charge >= 0.3 is 6.03 Å². The van der Waals surface area contributed by atoms with E-state index in [4.69, 9.17) is 4.74 Å². The van der Waals surface area contributed by atoms with Gasteiger partial charge in [0.2, 0.25) is 0 Å². The van der Waals surface area contributed by atoms with Crippen LogP contribution < -0.4 is 20.3 Å². The number of amides is 5. The summed E-state index contributed by atoms with van der Waals surface area (Å²) < 4.78 is 20.2. The number of imide groups is 2. The van der Waals surface area contributed by atoms with Crippen LogP contribution in [0.1, 0.15) is 16.7 Å². The van der Waals surface area contributed by atoms with Crippen LogP contribution in [-0.4, -0.2) is 30.4 Å². The van der Waals surface area contributed by atoms with Gasteiger partial charge in [0.25, 0.3) is 17.7 Å². The lowest BCUT2D eigenvalue weighted by Crippen LogP contribution is -2.54. The largest absolute Gasteiger partial charge is 0.482 e. The minimum atomic E-state index is -0.960. The number of nitrogens with zero attached hydrogens (tertiary/aromatic N) is 1. The van der Waals surface area contributed by atoms with Gasteiger partial charge in [-0.3, -0.25) is 19.7 Å². The number of anilines is 2. The number of ether oxygens (including phenoxy) is 1. The first-order chi connectivity index (χ1) is 18.0. The lowest BCUT2D eigenvalue weighted by molar-refractivity contribution is -0.122. The molecule has 0 spiro atoms. The molecular formula is C27H20Br2FN3O5. The fourth-order valence-corrected chi connectivity index (χ4v) is 5.13. The monoisotopic (exact) mass is 643 g/mol. The van der Waals surface area contributed by atoms with Crippen LogP contribution in [0.3, 0.4) is 0 Å². The number of carbonyl (C=O) groups excluding carboxylic acids is 4. The van der Waals surface area contributed by atoms with E-state index in [2.05, 4.69) is 42.5 Å². The molecular weight excluding hydrogens is 625 g/mol. The first-order valence-electron chi connectivity index (χ1n) is 11.2. The number of rotatable bonds is 6. The zero-order valence-electron chi connectivity index (χ0n) is 20.1. The van der Waals surface area contributed by atoms with Gasteiger partial charge in [0.05, 0.1) is 10.2 Å². The van der Waals surface area contributed by atoms with Crippen LogP contribution in [0.25, 0.3) is 6.08 Å². The molecule has 5 amide bonds. The predicted molar refractivity (Wildman–Crippen MR) is 147 cm³/mol. The van der Waals surface area contributed by atoms with E-state index in [1.807, 2.05) is 26.0 Å². The molecule has 0 radical (unpaired) electrons. The highest BCUT2D eigenvalue weighted by Crippen LogP contribution is 2.35. The Morgan fingerprint density at radius 2 is 1.76 bits per heavy atom. The summed E-state index contributed by atoms with van der Waals surface area (Å²) in [7, 11) is 0. The highest BCUT2D eigenvalue weighted by atomic mass is 79.9. The number of hydrogen-bond donors (Lipinski definition) is 2. The number of hydrogen-bond acceptors (Lipinski definition) is 5. The van der Waals surface area contributed by atoms with E-state index >= 15 is 0 Å². The van der Waals surface area contributed by atoms with Crippen molar-refractivity contribution in [3.05, 3.63) is 91.6 Å². The van der Waals surface area contributed by atoms with E-state index in [1.54, 1.807) is 18.2 Å². The Kier molecular flexibility index (Phi) is 8.08. The van der Waals surface area contributed by atoms with E-state index in [0.29, 0.717) is 14.6 Å². The van der Waals surface area contributed by atoms with Crippen molar-refractivity contribution in [3.8, 4) is 5.75 Å². The maximum absolute atomic E-state index is 13.4. The van der Waals surface area contributed by atoms with Gasteiger partial charge in [0.1, 0.15) is 17.1 Å². The summed E-state index contributed by atoms with van der Waals surface area (Å²) in [4.78, 5) is 51.6. The van der Waals surface area contributed by atoms with Crippen LogP contribution >= 0.6 is 31.9 Å². The number of aryl methyl sites for hydroxylation is 2. The number of barbiturate groups is 1. The Balaban J connectivity index is 1.62.